The Bertz CT molecular complexity index is 1220. The second kappa shape index (κ2) is 6.84. The minimum absolute atomic E-state index is 0.308. The van der Waals surface area contributed by atoms with Gasteiger partial charge in [-0.1, -0.05) is 6.07 Å². The van der Waals surface area contributed by atoms with Gasteiger partial charge in [0.2, 0.25) is 0 Å². The van der Waals surface area contributed by atoms with E-state index in [9.17, 15) is 13.6 Å². The Morgan fingerprint density at radius 1 is 1.07 bits per heavy atom. The molecule has 0 saturated heterocycles. The fourth-order valence-corrected chi connectivity index (χ4v) is 3.04. The Labute approximate surface area is 159 Å². The number of nitrogens with one attached hydrogen (secondary N) is 1. The molecule has 140 valence electrons. The lowest BCUT2D eigenvalue weighted by Crippen LogP contribution is -2.17. The van der Waals surface area contributed by atoms with Gasteiger partial charge in [-0.25, -0.2) is 13.8 Å². The summed E-state index contributed by atoms with van der Waals surface area (Å²) in [6, 6.07) is 12.1. The van der Waals surface area contributed by atoms with Crippen LogP contribution in [0.2, 0.25) is 0 Å². The number of aryl methyl sites for hydroxylation is 2. The van der Waals surface area contributed by atoms with E-state index in [-0.39, 0.29) is 11.7 Å². The average Bonchev–Trinajstić information content (AvgIpc) is 3.10. The molecule has 0 atom stereocenters. The maximum absolute atomic E-state index is 14.8. The number of hydrogen-bond acceptors (Lipinski definition) is 3. The predicted molar refractivity (Wildman–Crippen MR) is 103 cm³/mol. The molecule has 0 bridgehead atoms. The van der Waals surface area contributed by atoms with Gasteiger partial charge in [-0.2, -0.15) is 5.10 Å². The van der Waals surface area contributed by atoms with Crippen LogP contribution in [0.3, 0.4) is 0 Å². The zero-order valence-electron chi connectivity index (χ0n) is 15.2. The van der Waals surface area contributed by atoms with E-state index in [1.807, 2.05) is 0 Å². The molecular formula is C21H16F2N4O. The fraction of sp³-hybridized carbons (Fsp3) is 0.0952. The molecule has 0 radical (unpaired) electrons. The summed E-state index contributed by atoms with van der Waals surface area (Å²) in [5.74, 6) is -1.24. The first-order valence-electron chi connectivity index (χ1n) is 8.58. The van der Waals surface area contributed by atoms with E-state index in [4.69, 9.17) is 0 Å². The minimum atomic E-state index is -0.514. The number of aromatic nitrogens is 3. The Kier molecular flexibility index (Phi) is 4.35. The summed E-state index contributed by atoms with van der Waals surface area (Å²) in [4.78, 5) is 16.8. The van der Waals surface area contributed by atoms with Crippen LogP contribution in [0.4, 0.5) is 14.5 Å². The number of nitrogens with zero attached hydrogens (tertiary/aromatic N) is 3. The number of amides is 1. The van der Waals surface area contributed by atoms with Gasteiger partial charge in [0.05, 0.1) is 11.2 Å². The Morgan fingerprint density at radius 2 is 1.89 bits per heavy atom. The van der Waals surface area contributed by atoms with Crippen LogP contribution < -0.4 is 5.32 Å². The summed E-state index contributed by atoms with van der Waals surface area (Å²) in [6.45, 7) is 1.78. The molecule has 1 N–H and O–H groups in total. The van der Waals surface area contributed by atoms with Gasteiger partial charge in [-0.15, -0.1) is 0 Å². The zero-order chi connectivity index (χ0) is 19.8. The maximum Gasteiger partial charge on any atom is 0.273 e. The van der Waals surface area contributed by atoms with E-state index in [2.05, 4.69) is 15.4 Å². The highest BCUT2D eigenvalue weighted by Crippen LogP contribution is 2.29. The van der Waals surface area contributed by atoms with Gasteiger partial charge in [0.15, 0.2) is 0 Å². The normalized spacial score (nSPS) is 11.0. The van der Waals surface area contributed by atoms with Crippen LogP contribution in [0.15, 0.2) is 54.7 Å². The van der Waals surface area contributed by atoms with Crippen molar-refractivity contribution in [3.63, 3.8) is 0 Å². The number of fused-ring (bicyclic) bond motifs is 1. The smallest absolute Gasteiger partial charge is 0.273 e. The van der Waals surface area contributed by atoms with E-state index < -0.39 is 5.82 Å². The summed E-state index contributed by atoms with van der Waals surface area (Å²) in [5.41, 5.74) is 2.74. The van der Waals surface area contributed by atoms with Gasteiger partial charge in [0, 0.05) is 29.9 Å². The van der Waals surface area contributed by atoms with E-state index in [1.165, 1.54) is 29.1 Å². The SMILES string of the molecule is Cc1cc(-c2ccc3cc(F)ccc3n2)c(F)cc1NC(=O)c1ccnn1C. The van der Waals surface area contributed by atoms with Crippen molar-refractivity contribution in [2.24, 2.45) is 7.05 Å². The van der Waals surface area contributed by atoms with Crippen molar-refractivity contribution in [2.45, 2.75) is 6.92 Å². The van der Waals surface area contributed by atoms with Crippen molar-refractivity contribution in [3.8, 4) is 11.3 Å². The molecule has 0 aliphatic heterocycles. The predicted octanol–water partition coefficient (Wildman–Crippen LogP) is 4.47. The second-order valence-electron chi connectivity index (χ2n) is 6.47. The average molecular weight is 378 g/mol. The first-order chi connectivity index (χ1) is 13.4. The van der Waals surface area contributed by atoms with Crippen LogP contribution in [0.25, 0.3) is 22.2 Å². The number of pyridine rings is 1. The quantitative estimate of drug-likeness (QED) is 0.572. The van der Waals surface area contributed by atoms with Crippen LogP contribution >= 0.6 is 0 Å². The Morgan fingerprint density at radius 3 is 2.64 bits per heavy atom. The number of rotatable bonds is 3. The molecule has 2 heterocycles. The molecule has 2 aromatic heterocycles. The van der Waals surface area contributed by atoms with Gasteiger partial charge in [-0.05, 0) is 55.0 Å². The molecule has 7 heteroatoms. The number of hydrogen-bond donors (Lipinski definition) is 1. The lowest BCUT2D eigenvalue weighted by molar-refractivity contribution is 0.101. The molecule has 0 unspecified atom stereocenters. The number of halogens is 2. The number of carbonyl (C=O) groups excluding carboxylic acids is 1. The van der Waals surface area contributed by atoms with Crippen molar-refractivity contribution in [2.75, 3.05) is 5.32 Å². The van der Waals surface area contributed by atoms with Crippen LogP contribution in [-0.4, -0.2) is 20.7 Å². The van der Waals surface area contributed by atoms with Crippen LogP contribution in [0.1, 0.15) is 16.1 Å². The molecule has 0 aliphatic carbocycles. The van der Waals surface area contributed by atoms with Gasteiger partial charge < -0.3 is 5.32 Å². The van der Waals surface area contributed by atoms with Crippen LogP contribution in [0.5, 0.6) is 0 Å². The third kappa shape index (κ3) is 3.22. The summed E-state index contributed by atoms with van der Waals surface area (Å²) in [5, 5.41) is 7.30. The van der Waals surface area contributed by atoms with Gasteiger partial charge in [0.25, 0.3) is 5.91 Å². The molecule has 1 amide bonds. The summed E-state index contributed by atoms with van der Waals surface area (Å²) >= 11 is 0. The molecule has 28 heavy (non-hydrogen) atoms. The Hall–Kier alpha value is -3.61. The van der Waals surface area contributed by atoms with Crippen molar-refractivity contribution >= 4 is 22.5 Å². The van der Waals surface area contributed by atoms with Gasteiger partial charge >= 0.3 is 0 Å². The highest BCUT2D eigenvalue weighted by Gasteiger charge is 2.15. The zero-order valence-corrected chi connectivity index (χ0v) is 15.2. The topological polar surface area (TPSA) is 59.8 Å². The summed E-state index contributed by atoms with van der Waals surface area (Å²) < 4.78 is 29.5. The molecule has 0 spiro atoms. The highest BCUT2D eigenvalue weighted by molar-refractivity contribution is 6.03. The standard InChI is InChI=1S/C21H16F2N4O/c1-12-9-15(18-5-3-13-10-14(22)4-6-17(13)25-18)16(23)11-19(12)26-21(28)20-7-8-24-27(20)2/h3-11H,1-2H3,(H,26,28). The lowest BCUT2D eigenvalue weighted by atomic mass is 10.0. The lowest BCUT2D eigenvalue weighted by Gasteiger charge is -2.12. The van der Waals surface area contributed by atoms with Crippen LogP contribution in [-0.2, 0) is 7.05 Å². The molecule has 4 rings (SSSR count). The third-order valence-corrected chi connectivity index (χ3v) is 4.54. The van der Waals surface area contributed by atoms with E-state index in [1.54, 1.807) is 44.3 Å². The van der Waals surface area contributed by atoms with Gasteiger partial charge in [-0.3, -0.25) is 9.48 Å². The number of benzene rings is 2. The van der Waals surface area contributed by atoms with Crippen LogP contribution in [0, 0.1) is 18.6 Å². The first kappa shape index (κ1) is 17.8. The summed E-state index contributed by atoms with van der Waals surface area (Å²) in [7, 11) is 1.66. The van der Waals surface area contributed by atoms with Gasteiger partial charge in [0.1, 0.15) is 17.3 Å². The molecular weight excluding hydrogens is 362 g/mol. The molecule has 0 aliphatic rings. The summed E-state index contributed by atoms with van der Waals surface area (Å²) in [6.07, 6.45) is 1.52. The largest absolute Gasteiger partial charge is 0.320 e. The number of carbonyl (C=O) groups is 1. The van der Waals surface area contributed by atoms with Crippen molar-refractivity contribution in [1.29, 1.82) is 0 Å². The fourth-order valence-electron chi connectivity index (χ4n) is 3.04. The molecule has 2 aromatic carbocycles. The van der Waals surface area contributed by atoms with Crippen molar-refractivity contribution in [3.05, 3.63) is 77.6 Å². The number of anilines is 1. The first-order valence-corrected chi connectivity index (χ1v) is 8.58. The molecule has 4 aromatic rings. The second-order valence-corrected chi connectivity index (χ2v) is 6.47. The molecule has 0 saturated carbocycles. The Balaban J connectivity index is 1.68. The maximum atomic E-state index is 14.8. The minimum Gasteiger partial charge on any atom is -0.320 e. The third-order valence-electron chi connectivity index (χ3n) is 4.54. The van der Waals surface area contributed by atoms with E-state index in [0.717, 1.165) is 0 Å². The highest BCUT2D eigenvalue weighted by atomic mass is 19.1. The molecule has 5 nitrogen and oxygen atoms in total. The van der Waals surface area contributed by atoms with E-state index >= 15 is 0 Å². The monoisotopic (exact) mass is 378 g/mol. The molecule has 0 fully saturated rings. The van der Waals surface area contributed by atoms with Crippen molar-refractivity contribution < 1.29 is 13.6 Å². The van der Waals surface area contributed by atoms with E-state index in [0.29, 0.717) is 39.1 Å². The van der Waals surface area contributed by atoms with Crippen molar-refractivity contribution in [1.82, 2.24) is 14.8 Å².